The number of carbonyl (C=O) groups is 1. The highest BCUT2D eigenvalue weighted by atomic mass is 16.5. The first kappa shape index (κ1) is 29.8. The number of nitrogens with one attached hydrogen (secondary N) is 1. The Balaban J connectivity index is 1.30. The number of benzene rings is 2. The highest BCUT2D eigenvalue weighted by Crippen LogP contribution is 2.66. The number of rotatable bonds is 7. The molecule has 2 aromatic carbocycles. The fourth-order valence-electron chi connectivity index (χ4n) is 8.78. The molecule has 230 valence electrons. The van der Waals surface area contributed by atoms with Gasteiger partial charge in [-0.1, -0.05) is 55.3 Å². The van der Waals surface area contributed by atoms with Crippen molar-refractivity contribution in [3.05, 3.63) is 77.4 Å². The number of hydrogen-bond acceptors (Lipinski definition) is 5. The van der Waals surface area contributed by atoms with Crippen LogP contribution in [0.3, 0.4) is 0 Å². The second-order valence-corrected chi connectivity index (χ2v) is 13.6. The van der Waals surface area contributed by atoms with Crippen molar-refractivity contribution < 1.29 is 24.5 Å². The van der Waals surface area contributed by atoms with Crippen molar-refractivity contribution in [2.75, 3.05) is 26.1 Å². The summed E-state index contributed by atoms with van der Waals surface area (Å²) in [6, 6.07) is 14.8. The number of ether oxygens (including phenoxy) is 2. The van der Waals surface area contributed by atoms with Gasteiger partial charge < -0.3 is 29.9 Å². The molecule has 7 nitrogen and oxygen atoms in total. The van der Waals surface area contributed by atoms with Crippen LogP contribution in [0.4, 0.5) is 10.5 Å². The number of fused-ring (bicyclic) bond motifs is 5. The number of aliphatic hydroxyl groups excluding tert-OH is 1. The molecule has 6 rings (SSSR count). The van der Waals surface area contributed by atoms with Crippen molar-refractivity contribution in [2.24, 2.45) is 22.7 Å². The molecule has 0 aromatic heterocycles. The lowest BCUT2D eigenvalue weighted by Crippen LogP contribution is -2.57. The monoisotopic (exact) mass is 586 g/mol. The topological polar surface area (TPSA) is 91.3 Å². The van der Waals surface area contributed by atoms with E-state index in [1.807, 2.05) is 48.5 Å². The molecule has 0 heterocycles. The SMILES string of the molecule is COc1ccc(CN(C[C@]2(O)CC[C@H]3C4=CC=C5C[C@@H](O)CC[C@]5(C)[C@H]4CC[C@@]32C)C(=O)Nc2ccccc2)c(OC)c1. The van der Waals surface area contributed by atoms with Gasteiger partial charge in [-0.25, -0.2) is 4.79 Å². The Morgan fingerprint density at radius 1 is 0.977 bits per heavy atom. The average Bonchev–Trinajstić information content (AvgIpc) is 3.27. The summed E-state index contributed by atoms with van der Waals surface area (Å²) in [6.07, 6.45) is 10.4. The molecule has 4 aliphatic rings. The highest BCUT2D eigenvalue weighted by molar-refractivity contribution is 5.89. The quantitative estimate of drug-likeness (QED) is 0.335. The fraction of sp³-hybridized carbons (Fsp3) is 0.528. The Hall–Kier alpha value is -3.29. The summed E-state index contributed by atoms with van der Waals surface area (Å²) >= 11 is 0. The van der Waals surface area contributed by atoms with Crippen LogP contribution in [-0.4, -0.2) is 53.6 Å². The molecule has 3 fully saturated rings. The first-order valence-corrected chi connectivity index (χ1v) is 15.7. The number of urea groups is 1. The Kier molecular flexibility index (Phi) is 7.84. The van der Waals surface area contributed by atoms with Crippen LogP contribution >= 0.6 is 0 Å². The molecule has 0 unspecified atom stereocenters. The number of nitrogens with zero attached hydrogens (tertiary/aromatic N) is 1. The van der Waals surface area contributed by atoms with Crippen LogP contribution in [0, 0.1) is 22.7 Å². The summed E-state index contributed by atoms with van der Waals surface area (Å²) < 4.78 is 11.1. The van der Waals surface area contributed by atoms with Gasteiger partial charge >= 0.3 is 6.03 Å². The molecule has 3 saturated carbocycles. The zero-order valence-corrected chi connectivity index (χ0v) is 25.9. The van der Waals surface area contributed by atoms with E-state index in [9.17, 15) is 15.0 Å². The molecular formula is C36H46N2O5. The minimum absolute atomic E-state index is 0.0812. The van der Waals surface area contributed by atoms with E-state index >= 15 is 0 Å². The molecule has 0 radical (unpaired) electrons. The van der Waals surface area contributed by atoms with Crippen LogP contribution in [0.25, 0.3) is 0 Å². The molecule has 2 amide bonds. The van der Waals surface area contributed by atoms with Crippen LogP contribution in [0.2, 0.25) is 0 Å². The number of amides is 2. The van der Waals surface area contributed by atoms with Gasteiger partial charge in [-0.2, -0.15) is 0 Å². The van der Waals surface area contributed by atoms with Gasteiger partial charge in [0, 0.05) is 22.7 Å². The summed E-state index contributed by atoms with van der Waals surface area (Å²) in [7, 11) is 3.23. The standard InChI is InChI=1S/C36H46N2O5/c1-34-17-14-27(39)20-25(34)11-13-29-30(34)15-18-35(2)31(29)16-19-36(35,41)23-38(33(40)37-26-8-6-5-7-9-26)22-24-10-12-28(42-3)21-32(24)43-4/h5-13,21,27,30-31,39,41H,14-20,22-23H2,1-4H3,(H,37,40)/t27-,30-,31-,34-,35-,36+/m0/s1. The van der Waals surface area contributed by atoms with E-state index in [-0.39, 0.29) is 42.0 Å². The van der Waals surface area contributed by atoms with E-state index in [1.165, 1.54) is 11.1 Å². The first-order chi connectivity index (χ1) is 20.6. The summed E-state index contributed by atoms with van der Waals surface area (Å²) in [5.74, 6) is 2.02. The van der Waals surface area contributed by atoms with Gasteiger partial charge in [-0.05, 0) is 86.5 Å². The van der Waals surface area contributed by atoms with Crippen molar-refractivity contribution in [3.8, 4) is 11.5 Å². The maximum Gasteiger partial charge on any atom is 0.322 e. The second kappa shape index (κ2) is 11.3. The minimum Gasteiger partial charge on any atom is -0.497 e. The van der Waals surface area contributed by atoms with Crippen LogP contribution in [0.5, 0.6) is 11.5 Å². The van der Waals surface area contributed by atoms with E-state index in [1.54, 1.807) is 19.1 Å². The minimum atomic E-state index is -1.05. The zero-order chi connectivity index (χ0) is 30.4. The molecular weight excluding hydrogens is 540 g/mol. The third-order valence-electron chi connectivity index (χ3n) is 11.5. The lowest BCUT2D eigenvalue weighted by Gasteiger charge is -2.56. The normalized spacial score (nSPS) is 32.8. The van der Waals surface area contributed by atoms with Crippen LogP contribution in [-0.2, 0) is 6.54 Å². The summed E-state index contributed by atoms with van der Waals surface area (Å²) in [6.45, 7) is 5.14. The molecule has 43 heavy (non-hydrogen) atoms. The van der Waals surface area contributed by atoms with E-state index in [4.69, 9.17) is 9.47 Å². The number of hydrogen-bond donors (Lipinski definition) is 3. The summed E-state index contributed by atoms with van der Waals surface area (Å²) in [4.78, 5) is 15.6. The lowest BCUT2D eigenvalue weighted by molar-refractivity contribution is -0.0967. The van der Waals surface area contributed by atoms with Gasteiger partial charge in [0.2, 0.25) is 0 Å². The third kappa shape index (κ3) is 5.14. The van der Waals surface area contributed by atoms with Crippen molar-refractivity contribution in [1.29, 1.82) is 0 Å². The molecule has 6 atom stereocenters. The van der Waals surface area contributed by atoms with Crippen molar-refractivity contribution >= 4 is 11.7 Å². The van der Waals surface area contributed by atoms with E-state index in [0.29, 0.717) is 29.5 Å². The summed E-state index contributed by atoms with van der Waals surface area (Å²) in [5.41, 5.74) is 3.07. The molecule has 3 N–H and O–H groups in total. The third-order valence-corrected chi connectivity index (χ3v) is 11.5. The Bertz CT molecular complexity index is 1420. The number of methoxy groups -OCH3 is 2. The van der Waals surface area contributed by atoms with Crippen molar-refractivity contribution in [2.45, 2.75) is 77.0 Å². The lowest BCUT2D eigenvalue weighted by atomic mass is 9.50. The smallest absolute Gasteiger partial charge is 0.322 e. The number of aliphatic hydroxyl groups is 2. The zero-order valence-electron chi connectivity index (χ0n) is 25.9. The van der Waals surface area contributed by atoms with Crippen molar-refractivity contribution in [3.63, 3.8) is 0 Å². The number of allylic oxidation sites excluding steroid dienone is 3. The largest absolute Gasteiger partial charge is 0.497 e. The maximum absolute atomic E-state index is 13.9. The van der Waals surface area contributed by atoms with E-state index in [0.717, 1.165) is 44.1 Å². The first-order valence-electron chi connectivity index (χ1n) is 15.7. The predicted octanol–water partition coefficient (Wildman–Crippen LogP) is 6.71. The van der Waals surface area contributed by atoms with Crippen LogP contribution in [0.15, 0.2) is 71.8 Å². The molecule has 0 bridgehead atoms. The highest BCUT2D eigenvalue weighted by Gasteiger charge is 2.62. The molecule has 7 heteroatoms. The van der Waals surface area contributed by atoms with Gasteiger partial charge in [-0.15, -0.1) is 0 Å². The number of para-hydroxylation sites is 1. The molecule has 4 aliphatic carbocycles. The molecule has 0 saturated heterocycles. The van der Waals surface area contributed by atoms with Crippen LogP contribution in [0.1, 0.15) is 64.4 Å². The van der Waals surface area contributed by atoms with E-state index < -0.39 is 5.60 Å². The van der Waals surface area contributed by atoms with Gasteiger partial charge in [0.1, 0.15) is 11.5 Å². The van der Waals surface area contributed by atoms with Crippen LogP contribution < -0.4 is 14.8 Å². The molecule has 2 aromatic rings. The van der Waals surface area contributed by atoms with E-state index in [2.05, 4.69) is 31.3 Å². The Morgan fingerprint density at radius 3 is 2.49 bits per heavy atom. The van der Waals surface area contributed by atoms with Gasteiger partial charge in [-0.3, -0.25) is 0 Å². The van der Waals surface area contributed by atoms with Gasteiger partial charge in [0.25, 0.3) is 0 Å². The number of carbonyl (C=O) groups excluding carboxylic acids is 1. The Labute approximate surface area is 255 Å². The second-order valence-electron chi connectivity index (χ2n) is 13.6. The number of anilines is 1. The maximum atomic E-state index is 13.9. The molecule has 0 spiro atoms. The summed E-state index contributed by atoms with van der Waals surface area (Å²) in [5, 5.41) is 26.0. The fourth-order valence-corrected chi connectivity index (χ4v) is 8.78. The molecule has 0 aliphatic heterocycles. The Morgan fingerprint density at radius 2 is 1.74 bits per heavy atom. The van der Waals surface area contributed by atoms with Gasteiger partial charge in [0.15, 0.2) is 0 Å². The average molecular weight is 587 g/mol. The van der Waals surface area contributed by atoms with Crippen molar-refractivity contribution in [1.82, 2.24) is 4.90 Å². The predicted molar refractivity (Wildman–Crippen MR) is 168 cm³/mol. The van der Waals surface area contributed by atoms with Gasteiger partial charge in [0.05, 0.1) is 39.0 Å².